The second-order valence-corrected chi connectivity index (χ2v) is 5.49. The number of urea groups is 1. The molecule has 6 nitrogen and oxygen atoms in total. The SMILES string of the molecule is CC(CNC(=O)N1CCOC2CCCC21)CC(=O)O. The van der Waals surface area contributed by atoms with Gasteiger partial charge in [0.15, 0.2) is 0 Å². The molecular formula is C13H22N2O4. The molecule has 108 valence electrons. The molecule has 2 N–H and O–H groups in total. The zero-order valence-corrected chi connectivity index (χ0v) is 11.3. The minimum absolute atomic E-state index is 0.0538. The Kier molecular flexibility index (Phi) is 4.63. The van der Waals surface area contributed by atoms with E-state index in [4.69, 9.17) is 9.84 Å². The van der Waals surface area contributed by atoms with Crippen molar-refractivity contribution in [3.8, 4) is 0 Å². The first-order valence-corrected chi connectivity index (χ1v) is 6.96. The van der Waals surface area contributed by atoms with Gasteiger partial charge < -0.3 is 20.1 Å². The monoisotopic (exact) mass is 270 g/mol. The molecule has 6 heteroatoms. The quantitative estimate of drug-likeness (QED) is 0.800. The smallest absolute Gasteiger partial charge is 0.317 e. The van der Waals surface area contributed by atoms with Crippen LogP contribution in [0.5, 0.6) is 0 Å². The predicted molar refractivity (Wildman–Crippen MR) is 68.9 cm³/mol. The summed E-state index contributed by atoms with van der Waals surface area (Å²) >= 11 is 0. The number of carbonyl (C=O) groups is 2. The van der Waals surface area contributed by atoms with Gasteiger partial charge in [-0.05, 0) is 25.2 Å². The highest BCUT2D eigenvalue weighted by Gasteiger charge is 2.38. The molecule has 0 aromatic rings. The lowest BCUT2D eigenvalue weighted by Crippen LogP contribution is -2.54. The zero-order valence-electron chi connectivity index (χ0n) is 11.3. The van der Waals surface area contributed by atoms with Crippen molar-refractivity contribution >= 4 is 12.0 Å². The average molecular weight is 270 g/mol. The molecule has 2 rings (SSSR count). The molecule has 2 aliphatic rings. The fourth-order valence-electron chi connectivity index (χ4n) is 2.91. The summed E-state index contributed by atoms with van der Waals surface area (Å²) in [7, 11) is 0. The van der Waals surface area contributed by atoms with Gasteiger partial charge in [0.2, 0.25) is 0 Å². The van der Waals surface area contributed by atoms with E-state index in [9.17, 15) is 9.59 Å². The Labute approximate surface area is 113 Å². The minimum atomic E-state index is -0.830. The van der Waals surface area contributed by atoms with Gasteiger partial charge in [-0.3, -0.25) is 4.79 Å². The number of hydrogen-bond donors (Lipinski definition) is 2. The summed E-state index contributed by atoms with van der Waals surface area (Å²) in [6.07, 6.45) is 3.41. The van der Waals surface area contributed by atoms with E-state index < -0.39 is 5.97 Å². The standard InChI is InChI=1S/C13H22N2O4/c1-9(7-12(16)17)8-14-13(18)15-5-6-19-11-4-2-3-10(11)15/h9-11H,2-8H2,1H3,(H,14,18)(H,16,17). The van der Waals surface area contributed by atoms with Crippen LogP contribution in [0.3, 0.4) is 0 Å². The Hall–Kier alpha value is -1.30. The van der Waals surface area contributed by atoms with Crippen molar-refractivity contribution in [1.82, 2.24) is 10.2 Å². The van der Waals surface area contributed by atoms with Crippen LogP contribution in [0, 0.1) is 5.92 Å². The number of morpholine rings is 1. The van der Waals surface area contributed by atoms with Crippen LogP contribution in [0.2, 0.25) is 0 Å². The molecule has 19 heavy (non-hydrogen) atoms. The Morgan fingerprint density at radius 1 is 1.47 bits per heavy atom. The van der Waals surface area contributed by atoms with Crippen LogP contribution >= 0.6 is 0 Å². The first-order chi connectivity index (χ1) is 9.08. The maximum Gasteiger partial charge on any atom is 0.317 e. The van der Waals surface area contributed by atoms with Gasteiger partial charge in [-0.15, -0.1) is 0 Å². The first kappa shape index (κ1) is 14.1. The van der Waals surface area contributed by atoms with Crippen LogP contribution in [-0.4, -0.2) is 53.8 Å². The lowest BCUT2D eigenvalue weighted by Gasteiger charge is -2.37. The molecule has 1 saturated heterocycles. The third-order valence-corrected chi connectivity index (χ3v) is 3.87. The second-order valence-electron chi connectivity index (χ2n) is 5.49. The van der Waals surface area contributed by atoms with Gasteiger partial charge in [0.1, 0.15) is 0 Å². The topological polar surface area (TPSA) is 78.9 Å². The molecule has 2 fully saturated rings. The molecule has 0 spiro atoms. The number of nitrogens with one attached hydrogen (secondary N) is 1. The predicted octanol–water partition coefficient (Wildman–Crippen LogP) is 1.06. The minimum Gasteiger partial charge on any atom is -0.481 e. The van der Waals surface area contributed by atoms with Crippen LogP contribution in [-0.2, 0) is 9.53 Å². The second kappa shape index (κ2) is 6.23. The van der Waals surface area contributed by atoms with Crippen molar-refractivity contribution in [2.45, 2.75) is 44.8 Å². The van der Waals surface area contributed by atoms with Crippen molar-refractivity contribution in [2.24, 2.45) is 5.92 Å². The third-order valence-electron chi connectivity index (χ3n) is 3.87. The van der Waals surface area contributed by atoms with Crippen LogP contribution in [0.15, 0.2) is 0 Å². The number of hydrogen-bond acceptors (Lipinski definition) is 3. The summed E-state index contributed by atoms with van der Waals surface area (Å²) in [6.45, 7) is 3.45. The van der Waals surface area contributed by atoms with Gasteiger partial charge in [-0.25, -0.2) is 4.79 Å². The Bertz CT molecular complexity index is 348. The van der Waals surface area contributed by atoms with Crippen molar-refractivity contribution in [1.29, 1.82) is 0 Å². The molecule has 3 unspecified atom stereocenters. The molecular weight excluding hydrogens is 248 g/mol. The largest absolute Gasteiger partial charge is 0.481 e. The number of carboxylic acids is 1. The number of rotatable bonds is 4. The van der Waals surface area contributed by atoms with Gasteiger partial charge in [-0.1, -0.05) is 6.92 Å². The molecule has 2 amide bonds. The van der Waals surface area contributed by atoms with Crippen LogP contribution < -0.4 is 5.32 Å². The highest BCUT2D eigenvalue weighted by molar-refractivity contribution is 5.75. The van der Waals surface area contributed by atoms with Gasteiger partial charge >= 0.3 is 12.0 Å². The number of ether oxygens (including phenoxy) is 1. The number of carbonyl (C=O) groups excluding carboxylic acids is 1. The van der Waals surface area contributed by atoms with E-state index in [0.717, 1.165) is 19.3 Å². The van der Waals surface area contributed by atoms with Gasteiger partial charge in [0, 0.05) is 19.5 Å². The first-order valence-electron chi connectivity index (χ1n) is 6.96. The van der Waals surface area contributed by atoms with Gasteiger partial charge in [0.25, 0.3) is 0 Å². The maximum atomic E-state index is 12.1. The molecule has 0 bridgehead atoms. The van der Waals surface area contributed by atoms with Crippen molar-refractivity contribution in [3.05, 3.63) is 0 Å². The number of carboxylic acid groups (broad SMARTS) is 1. The summed E-state index contributed by atoms with van der Waals surface area (Å²) in [5.74, 6) is -0.883. The van der Waals surface area contributed by atoms with Crippen molar-refractivity contribution in [2.75, 3.05) is 19.7 Å². The number of aliphatic carboxylic acids is 1. The summed E-state index contributed by atoms with van der Waals surface area (Å²) in [4.78, 5) is 24.6. The Morgan fingerprint density at radius 2 is 2.26 bits per heavy atom. The molecule has 0 radical (unpaired) electrons. The average Bonchev–Trinajstić information content (AvgIpc) is 2.83. The zero-order chi connectivity index (χ0) is 13.8. The van der Waals surface area contributed by atoms with E-state index in [-0.39, 0.29) is 30.5 Å². The van der Waals surface area contributed by atoms with Crippen LogP contribution in [0.1, 0.15) is 32.6 Å². The van der Waals surface area contributed by atoms with Crippen molar-refractivity contribution in [3.63, 3.8) is 0 Å². The Morgan fingerprint density at radius 3 is 3.00 bits per heavy atom. The van der Waals surface area contributed by atoms with E-state index in [2.05, 4.69) is 5.32 Å². The van der Waals surface area contributed by atoms with Gasteiger partial charge in [-0.2, -0.15) is 0 Å². The van der Waals surface area contributed by atoms with E-state index >= 15 is 0 Å². The lowest BCUT2D eigenvalue weighted by molar-refractivity contribution is -0.137. The molecule has 0 aromatic heterocycles. The maximum absolute atomic E-state index is 12.1. The summed E-state index contributed by atoms with van der Waals surface area (Å²) in [5.41, 5.74) is 0. The van der Waals surface area contributed by atoms with Crippen molar-refractivity contribution < 1.29 is 19.4 Å². The van der Waals surface area contributed by atoms with E-state index in [0.29, 0.717) is 19.7 Å². The molecule has 0 aromatic carbocycles. The molecule has 1 saturated carbocycles. The van der Waals surface area contributed by atoms with E-state index in [1.54, 1.807) is 0 Å². The Balaban J connectivity index is 1.80. The van der Waals surface area contributed by atoms with E-state index in [1.165, 1.54) is 0 Å². The normalized spacial score (nSPS) is 27.7. The lowest BCUT2D eigenvalue weighted by atomic mass is 10.1. The number of fused-ring (bicyclic) bond motifs is 1. The number of amides is 2. The van der Waals surface area contributed by atoms with E-state index in [1.807, 2.05) is 11.8 Å². The molecule has 1 aliphatic heterocycles. The summed E-state index contributed by atoms with van der Waals surface area (Å²) < 4.78 is 5.66. The summed E-state index contributed by atoms with van der Waals surface area (Å²) in [5, 5.41) is 11.5. The van der Waals surface area contributed by atoms with Crippen LogP contribution in [0.25, 0.3) is 0 Å². The fraction of sp³-hybridized carbons (Fsp3) is 0.846. The van der Waals surface area contributed by atoms with Crippen LogP contribution in [0.4, 0.5) is 4.79 Å². The molecule has 1 heterocycles. The highest BCUT2D eigenvalue weighted by Crippen LogP contribution is 2.29. The molecule has 3 atom stereocenters. The fourth-order valence-corrected chi connectivity index (χ4v) is 2.91. The number of nitrogens with zero attached hydrogens (tertiary/aromatic N) is 1. The third kappa shape index (κ3) is 3.59. The van der Waals surface area contributed by atoms with Gasteiger partial charge in [0.05, 0.1) is 18.8 Å². The molecule has 1 aliphatic carbocycles. The highest BCUT2D eigenvalue weighted by atomic mass is 16.5. The summed E-state index contributed by atoms with van der Waals surface area (Å²) in [6, 6.07) is 0.112.